The van der Waals surface area contributed by atoms with Crippen LogP contribution in [0.25, 0.3) is 0 Å². The number of nitriles is 1. The molecule has 0 bridgehead atoms. The lowest BCUT2D eigenvalue weighted by Crippen LogP contribution is -2.24. The van der Waals surface area contributed by atoms with E-state index in [2.05, 4.69) is 11.4 Å². The highest BCUT2D eigenvalue weighted by molar-refractivity contribution is 5.39. The Labute approximate surface area is 142 Å². The van der Waals surface area contributed by atoms with E-state index in [1.165, 1.54) is 0 Å². The van der Waals surface area contributed by atoms with Crippen molar-refractivity contribution in [2.45, 2.75) is 19.1 Å². The van der Waals surface area contributed by atoms with Crippen molar-refractivity contribution in [3.63, 3.8) is 0 Å². The molecule has 2 aromatic carbocycles. The molecule has 0 spiro atoms. The fourth-order valence-corrected chi connectivity index (χ4v) is 2.39. The number of aliphatic hydroxyl groups is 1. The molecule has 2 N–H and O–H groups in total. The Morgan fingerprint density at radius 1 is 1.04 bits per heavy atom. The van der Waals surface area contributed by atoms with Gasteiger partial charge in [0.25, 0.3) is 0 Å². The van der Waals surface area contributed by atoms with Crippen LogP contribution in [0.2, 0.25) is 0 Å². The molecule has 5 heteroatoms. The predicted molar refractivity (Wildman–Crippen MR) is 92.1 cm³/mol. The van der Waals surface area contributed by atoms with Crippen LogP contribution in [0.3, 0.4) is 0 Å². The Bertz CT molecular complexity index is 685. The molecule has 0 amide bonds. The lowest BCUT2D eigenvalue weighted by atomic mass is 10.0. The topological polar surface area (TPSA) is 74.5 Å². The normalized spacial score (nSPS) is 13.0. The fourth-order valence-electron chi connectivity index (χ4n) is 2.39. The van der Waals surface area contributed by atoms with Crippen molar-refractivity contribution in [1.82, 2.24) is 5.32 Å². The molecule has 2 rings (SSSR count). The monoisotopic (exact) mass is 326 g/mol. The minimum Gasteiger partial charge on any atom is -0.497 e. The van der Waals surface area contributed by atoms with E-state index in [4.69, 9.17) is 14.7 Å². The molecule has 2 aromatic rings. The Morgan fingerprint density at radius 3 is 2.12 bits per heavy atom. The number of nitrogens with one attached hydrogen (secondary N) is 1. The maximum atomic E-state index is 10.4. The number of methoxy groups -OCH3 is 2. The van der Waals surface area contributed by atoms with Crippen LogP contribution < -0.4 is 14.8 Å². The van der Waals surface area contributed by atoms with E-state index >= 15 is 0 Å². The minimum atomic E-state index is -0.685. The van der Waals surface area contributed by atoms with E-state index in [1.807, 2.05) is 19.1 Å². The van der Waals surface area contributed by atoms with Gasteiger partial charge < -0.3 is 19.9 Å². The van der Waals surface area contributed by atoms with Crippen LogP contribution >= 0.6 is 0 Å². The first-order valence-electron chi connectivity index (χ1n) is 7.72. The molecule has 0 aliphatic heterocycles. The molecule has 0 saturated carbocycles. The van der Waals surface area contributed by atoms with E-state index in [1.54, 1.807) is 44.6 Å². The Kier molecular flexibility index (Phi) is 6.19. The van der Waals surface area contributed by atoms with Crippen molar-refractivity contribution in [3.8, 4) is 17.6 Å². The smallest absolute Gasteiger partial charge is 0.122 e. The second-order valence-corrected chi connectivity index (χ2v) is 5.53. The number of nitrogens with zero attached hydrogens (tertiary/aromatic N) is 1. The molecule has 0 aliphatic carbocycles. The zero-order chi connectivity index (χ0) is 17.5. The van der Waals surface area contributed by atoms with Crippen molar-refractivity contribution >= 4 is 0 Å². The fraction of sp³-hybridized carbons (Fsp3) is 0.316. The van der Waals surface area contributed by atoms with Gasteiger partial charge in [-0.15, -0.1) is 0 Å². The van der Waals surface area contributed by atoms with Crippen LogP contribution in [0, 0.1) is 11.3 Å². The van der Waals surface area contributed by atoms with E-state index in [0.29, 0.717) is 23.6 Å². The summed E-state index contributed by atoms with van der Waals surface area (Å²) in [5.74, 6) is 1.28. The van der Waals surface area contributed by atoms with Gasteiger partial charge in [0.2, 0.25) is 0 Å². The summed E-state index contributed by atoms with van der Waals surface area (Å²) in [6.07, 6.45) is -0.685. The molecule has 0 radical (unpaired) electrons. The zero-order valence-electron chi connectivity index (χ0n) is 14.1. The first kappa shape index (κ1) is 17.8. The molecule has 0 aliphatic rings. The molecule has 0 saturated heterocycles. The first-order chi connectivity index (χ1) is 11.6. The SMILES string of the molecule is COc1cc(OC)cc(C(O)CNC(C)c2ccc(C#N)cc2)c1. The molecule has 5 nitrogen and oxygen atoms in total. The second kappa shape index (κ2) is 8.34. The van der Waals surface area contributed by atoms with Crippen molar-refractivity contribution in [2.75, 3.05) is 20.8 Å². The number of hydrogen-bond acceptors (Lipinski definition) is 5. The summed E-state index contributed by atoms with van der Waals surface area (Å²) in [6.45, 7) is 2.40. The Hall–Kier alpha value is -2.55. The number of hydrogen-bond donors (Lipinski definition) is 2. The molecule has 0 heterocycles. The van der Waals surface area contributed by atoms with E-state index in [0.717, 1.165) is 11.1 Å². The summed E-state index contributed by atoms with van der Waals surface area (Å²) in [5.41, 5.74) is 2.42. The van der Waals surface area contributed by atoms with Gasteiger partial charge in [-0.25, -0.2) is 0 Å². The van der Waals surface area contributed by atoms with Gasteiger partial charge in [-0.2, -0.15) is 5.26 Å². The van der Waals surface area contributed by atoms with Crippen molar-refractivity contribution < 1.29 is 14.6 Å². The summed E-state index contributed by atoms with van der Waals surface area (Å²) < 4.78 is 10.5. The lowest BCUT2D eigenvalue weighted by molar-refractivity contribution is 0.170. The van der Waals surface area contributed by atoms with Crippen LogP contribution in [-0.4, -0.2) is 25.9 Å². The van der Waals surface area contributed by atoms with Crippen molar-refractivity contribution in [1.29, 1.82) is 5.26 Å². The molecule has 0 fully saturated rings. The standard InChI is InChI=1S/C19H22N2O3/c1-13(15-6-4-14(11-20)5-7-15)21-12-19(22)16-8-17(23-2)10-18(9-16)24-3/h4-10,13,19,21-22H,12H2,1-3H3. The van der Waals surface area contributed by atoms with Gasteiger partial charge in [0.15, 0.2) is 0 Å². The van der Waals surface area contributed by atoms with Crippen LogP contribution in [0.15, 0.2) is 42.5 Å². The predicted octanol–water partition coefficient (Wildman–Crippen LogP) is 2.96. The number of benzene rings is 2. The number of aliphatic hydroxyl groups excluding tert-OH is 1. The van der Waals surface area contributed by atoms with Gasteiger partial charge in [0.1, 0.15) is 11.5 Å². The summed E-state index contributed by atoms with van der Waals surface area (Å²) in [5, 5.41) is 22.6. The number of ether oxygens (including phenoxy) is 2. The minimum absolute atomic E-state index is 0.0555. The maximum Gasteiger partial charge on any atom is 0.122 e. The van der Waals surface area contributed by atoms with Crippen molar-refractivity contribution in [2.24, 2.45) is 0 Å². The van der Waals surface area contributed by atoms with Crippen molar-refractivity contribution in [3.05, 3.63) is 59.2 Å². The highest BCUT2D eigenvalue weighted by Crippen LogP contribution is 2.26. The van der Waals surface area contributed by atoms with Crippen LogP contribution in [0.5, 0.6) is 11.5 Å². The van der Waals surface area contributed by atoms with Gasteiger partial charge in [-0.05, 0) is 42.3 Å². The molecule has 126 valence electrons. The average Bonchev–Trinajstić information content (AvgIpc) is 2.65. The first-order valence-corrected chi connectivity index (χ1v) is 7.72. The van der Waals surface area contributed by atoms with Gasteiger partial charge in [0.05, 0.1) is 32.0 Å². The summed E-state index contributed by atoms with van der Waals surface area (Å²) in [4.78, 5) is 0. The molecular formula is C19H22N2O3. The van der Waals surface area contributed by atoms with E-state index < -0.39 is 6.10 Å². The summed E-state index contributed by atoms with van der Waals surface area (Å²) in [7, 11) is 3.16. The highest BCUT2D eigenvalue weighted by Gasteiger charge is 2.13. The molecule has 2 atom stereocenters. The van der Waals surface area contributed by atoms with Gasteiger partial charge in [-0.1, -0.05) is 12.1 Å². The lowest BCUT2D eigenvalue weighted by Gasteiger charge is -2.19. The maximum absolute atomic E-state index is 10.4. The van der Waals surface area contributed by atoms with E-state index in [-0.39, 0.29) is 6.04 Å². The van der Waals surface area contributed by atoms with Crippen LogP contribution in [0.1, 0.15) is 35.8 Å². The third-order valence-corrected chi connectivity index (χ3v) is 3.92. The molecule has 24 heavy (non-hydrogen) atoms. The van der Waals surface area contributed by atoms with Gasteiger partial charge >= 0.3 is 0 Å². The third-order valence-electron chi connectivity index (χ3n) is 3.92. The highest BCUT2D eigenvalue weighted by atomic mass is 16.5. The summed E-state index contributed by atoms with van der Waals surface area (Å²) in [6, 6.07) is 14.9. The van der Waals surface area contributed by atoms with Crippen LogP contribution in [-0.2, 0) is 0 Å². The quantitative estimate of drug-likeness (QED) is 0.818. The molecular weight excluding hydrogens is 304 g/mol. The van der Waals surface area contributed by atoms with Crippen LogP contribution in [0.4, 0.5) is 0 Å². The third kappa shape index (κ3) is 4.48. The van der Waals surface area contributed by atoms with E-state index in [9.17, 15) is 5.11 Å². The summed E-state index contributed by atoms with van der Waals surface area (Å²) >= 11 is 0. The average molecular weight is 326 g/mol. The molecule has 2 unspecified atom stereocenters. The Balaban J connectivity index is 2.01. The zero-order valence-corrected chi connectivity index (χ0v) is 14.1. The largest absolute Gasteiger partial charge is 0.497 e. The van der Waals surface area contributed by atoms with Gasteiger partial charge in [-0.3, -0.25) is 0 Å². The second-order valence-electron chi connectivity index (χ2n) is 5.53. The Morgan fingerprint density at radius 2 is 1.62 bits per heavy atom. The number of rotatable bonds is 7. The van der Waals surface area contributed by atoms with Gasteiger partial charge in [0, 0.05) is 18.7 Å². The molecule has 0 aromatic heterocycles.